The summed E-state index contributed by atoms with van der Waals surface area (Å²) in [7, 11) is 3.78. The van der Waals surface area contributed by atoms with Crippen molar-refractivity contribution in [3.63, 3.8) is 0 Å². The van der Waals surface area contributed by atoms with E-state index in [1.165, 1.54) is 23.4 Å². The summed E-state index contributed by atoms with van der Waals surface area (Å²) in [5.41, 5.74) is 4.99. The monoisotopic (exact) mass is 381 g/mol. The van der Waals surface area contributed by atoms with Gasteiger partial charge in [0.2, 0.25) is 0 Å². The summed E-state index contributed by atoms with van der Waals surface area (Å²) < 4.78 is 5.63. The third kappa shape index (κ3) is 3.59. The second-order valence-corrected chi connectivity index (χ2v) is 8.12. The number of fused-ring (bicyclic) bond motifs is 1. The van der Waals surface area contributed by atoms with E-state index in [2.05, 4.69) is 49.8 Å². The predicted octanol–water partition coefficient (Wildman–Crippen LogP) is 5.38. The molecular weight excluding hydrogens is 354 g/mol. The molecule has 1 atom stereocenters. The van der Waals surface area contributed by atoms with Crippen molar-refractivity contribution < 1.29 is 9.66 Å². The van der Waals surface area contributed by atoms with E-state index < -0.39 is 4.92 Å². The van der Waals surface area contributed by atoms with E-state index in [1.54, 1.807) is 19.4 Å². The zero-order chi connectivity index (χ0) is 20.6. The average molecular weight is 381 g/mol. The summed E-state index contributed by atoms with van der Waals surface area (Å²) in [5, 5.41) is 10.9. The van der Waals surface area contributed by atoms with Crippen LogP contribution in [0.2, 0.25) is 0 Å². The van der Waals surface area contributed by atoms with Crippen LogP contribution in [-0.2, 0) is 0 Å². The van der Waals surface area contributed by atoms with Gasteiger partial charge in [-0.1, -0.05) is 6.92 Å². The SMILES string of the molecule is COc1cc2c(cc1C=Nc1ccc([N+](=O)[O-])cc1C)C(C)CC(C)(C)N2C. The van der Waals surface area contributed by atoms with Gasteiger partial charge in [0.25, 0.3) is 5.69 Å². The Hall–Kier alpha value is -2.89. The maximum Gasteiger partial charge on any atom is 0.269 e. The number of hydrogen-bond acceptors (Lipinski definition) is 5. The molecule has 2 aromatic rings. The lowest BCUT2D eigenvalue weighted by molar-refractivity contribution is -0.384. The first-order chi connectivity index (χ1) is 13.1. The van der Waals surface area contributed by atoms with Crippen molar-refractivity contribution in [2.45, 2.75) is 45.6 Å². The fourth-order valence-electron chi connectivity index (χ4n) is 3.93. The smallest absolute Gasteiger partial charge is 0.269 e. The van der Waals surface area contributed by atoms with Crippen molar-refractivity contribution >= 4 is 23.3 Å². The summed E-state index contributed by atoms with van der Waals surface area (Å²) in [5.74, 6) is 1.19. The number of aryl methyl sites for hydroxylation is 1. The first-order valence-corrected chi connectivity index (χ1v) is 9.39. The number of benzene rings is 2. The minimum absolute atomic E-state index is 0.0716. The molecule has 0 radical (unpaired) electrons. The Kier molecular flexibility index (Phi) is 5.15. The van der Waals surface area contributed by atoms with Crippen LogP contribution in [0.15, 0.2) is 35.3 Å². The molecule has 0 saturated heterocycles. The van der Waals surface area contributed by atoms with Crippen LogP contribution in [0.4, 0.5) is 17.1 Å². The predicted molar refractivity (Wildman–Crippen MR) is 114 cm³/mol. The zero-order valence-corrected chi connectivity index (χ0v) is 17.3. The van der Waals surface area contributed by atoms with Gasteiger partial charge in [0, 0.05) is 48.3 Å². The van der Waals surface area contributed by atoms with Crippen molar-refractivity contribution in [3.8, 4) is 5.75 Å². The number of aliphatic imine (C=N–C) groups is 1. The van der Waals surface area contributed by atoms with Gasteiger partial charge < -0.3 is 9.64 Å². The Morgan fingerprint density at radius 2 is 2.04 bits per heavy atom. The molecule has 0 fully saturated rings. The molecule has 0 aromatic heterocycles. The zero-order valence-electron chi connectivity index (χ0n) is 17.3. The number of nitro groups is 1. The number of nitro benzene ring substituents is 1. The number of methoxy groups -OCH3 is 1. The number of nitrogens with zero attached hydrogens (tertiary/aromatic N) is 3. The summed E-state index contributed by atoms with van der Waals surface area (Å²) >= 11 is 0. The highest BCUT2D eigenvalue weighted by Gasteiger charge is 2.34. The third-order valence-corrected chi connectivity index (χ3v) is 5.72. The van der Waals surface area contributed by atoms with Gasteiger partial charge in [0.05, 0.1) is 17.7 Å². The molecule has 0 spiro atoms. The van der Waals surface area contributed by atoms with Crippen LogP contribution >= 0.6 is 0 Å². The van der Waals surface area contributed by atoms with E-state index in [0.29, 0.717) is 11.6 Å². The summed E-state index contributed by atoms with van der Waals surface area (Å²) in [6.07, 6.45) is 2.85. The van der Waals surface area contributed by atoms with Gasteiger partial charge in [-0.3, -0.25) is 15.1 Å². The highest BCUT2D eigenvalue weighted by molar-refractivity contribution is 5.88. The molecule has 0 N–H and O–H groups in total. The third-order valence-electron chi connectivity index (χ3n) is 5.72. The lowest BCUT2D eigenvalue weighted by Gasteiger charge is -2.45. The number of ether oxygens (including phenoxy) is 1. The standard InChI is InChI=1S/C22H27N3O3/c1-14-9-17(25(26)27)7-8-19(14)23-13-16-10-18-15(2)12-22(3,4)24(5)20(18)11-21(16)28-6/h7-11,13,15H,12H2,1-6H3. The van der Waals surface area contributed by atoms with Crippen LogP contribution < -0.4 is 9.64 Å². The molecule has 0 saturated carbocycles. The molecular formula is C22H27N3O3. The Labute approximate surface area is 166 Å². The average Bonchev–Trinajstić information content (AvgIpc) is 2.64. The quantitative estimate of drug-likeness (QED) is 0.405. The van der Waals surface area contributed by atoms with Crippen molar-refractivity contribution in [1.82, 2.24) is 0 Å². The van der Waals surface area contributed by atoms with Crippen molar-refractivity contribution in [1.29, 1.82) is 0 Å². The lowest BCUT2D eigenvalue weighted by atomic mass is 9.80. The van der Waals surface area contributed by atoms with E-state index >= 15 is 0 Å². The van der Waals surface area contributed by atoms with E-state index in [1.807, 2.05) is 6.92 Å². The van der Waals surface area contributed by atoms with Gasteiger partial charge in [0.1, 0.15) is 5.75 Å². The fraction of sp³-hybridized carbons (Fsp3) is 0.409. The second-order valence-electron chi connectivity index (χ2n) is 8.12. The molecule has 1 aliphatic heterocycles. The maximum absolute atomic E-state index is 10.9. The van der Waals surface area contributed by atoms with Crippen LogP contribution in [-0.4, -0.2) is 30.8 Å². The number of rotatable bonds is 4. The highest BCUT2D eigenvalue weighted by atomic mass is 16.6. The number of non-ortho nitro benzene ring substituents is 1. The van der Waals surface area contributed by atoms with Gasteiger partial charge in [0.15, 0.2) is 0 Å². The number of anilines is 1. The summed E-state index contributed by atoms with van der Waals surface area (Å²) in [6.45, 7) is 8.58. The van der Waals surface area contributed by atoms with Gasteiger partial charge in [-0.15, -0.1) is 0 Å². The molecule has 0 amide bonds. The van der Waals surface area contributed by atoms with Gasteiger partial charge in [-0.25, -0.2) is 0 Å². The lowest BCUT2D eigenvalue weighted by Crippen LogP contribution is -2.45. The summed E-state index contributed by atoms with van der Waals surface area (Å²) in [6, 6.07) is 8.91. The molecule has 3 rings (SSSR count). The Morgan fingerprint density at radius 1 is 1.32 bits per heavy atom. The first kappa shape index (κ1) is 19.9. The van der Waals surface area contributed by atoms with E-state index in [4.69, 9.17) is 4.74 Å². The van der Waals surface area contributed by atoms with Gasteiger partial charge in [-0.05, 0) is 56.4 Å². The summed E-state index contributed by atoms with van der Waals surface area (Å²) in [4.78, 5) is 17.4. The van der Waals surface area contributed by atoms with Gasteiger partial charge in [-0.2, -0.15) is 0 Å². The second kappa shape index (κ2) is 7.26. The van der Waals surface area contributed by atoms with Crippen LogP contribution in [0.25, 0.3) is 0 Å². The molecule has 6 heteroatoms. The minimum Gasteiger partial charge on any atom is -0.496 e. The molecule has 0 bridgehead atoms. The van der Waals surface area contributed by atoms with E-state index in [0.717, 1.165) is 23.3 Å². The topological polar surface area (TPSA) is 68.0 Å². The van der Waals surface area contributed by atoms with Crippen LogP contribution in [0, 0.1) is 17.0 Å². The molecule has 148 valence electrons. The van der Waals surface area contributed by atoms with Gasteiger partial charge >= 0.3 is 0 Å². The highest BCUT2D eigenvalue weighted by Crippen LogP contribution is 2.44. The van der Waals surface area contributed by atoms with E-state index in [9.17, 15) is 10.1 Å². The Balaban J connectivity index is 2.01. The van der Waals surface area contributed by atoms with Crippen LogP contribution in [0.1, 0.15) is 49.8 Å². The molecule has 2 aromatic carbocycles. The molecule has 6 nitrogen and oxygen atoms in total. The molecule has 1 aliphatic rings. The van der Waals surface area contributed by atoms with Crippen LogP contribution in [0.3, 0.4) is 0 Å². The largest absolute Gasteiger partial charge is 0.496 e. The molecule has 1 unspecified atom stereocenters. The van der Waals surface area contributed by atoms with E-state index in [-0.39, 0.29) is 11.2 Å². The first-order valence-electron chi connectivity index (χ1n) is 9.39. The Bertz CT molecular complexity index is 950. The Morgan fingerprint density at radius 3 is 2.64 bits per heavy atom. The normalized spacial score (nSPS) is 18.2. The minimum atomic E-state index is -0.396. The van der Waals surface area contributed by atoms with Crippen LogP contribution in [0.5, 0.6) is 5.75 Å². The maximum atomic E-state index is 10.9. The van der Waals surface area contributed by atoms with Crippen molar-refractivity contribution in [2.75, 3.05) is 19.1 Å². The van der Waals surface area contributed by atoms with Crippen molar-refractivity contribution in [2.24, 2.45) is 4.99 Å². The fourth-order valence-corrected chi connectivity index (χ4v) is 3.93. The molecule has 28 heavy (non-hydrogen) atoms. The molecule has 0 aliphatic carbocycles. The van der Waals surface area contributed by atoms with Crippen molar-refractivity contribution in [3.05, 3.63) is 57.1 Å². The molecule has 1 heterocycles. The number of hydrogen-bond donors (Lipinski definition) is 0.